The van der Waals surface area contributed by atoms with Crippen LogP contribution in [0, 0.1) is 6.92 Å². The fourth-order valence-corrected chi connectivity index (χ4v) is 3.67. The molecule has 3 nitrogen and oxygen atoms in total. The van der Waals surface area contributed by atoms with Gasteiger partial charge in [0.1, 0.15) is 0 Å². The third-order valence-electron chi connectivity index (χ3n) is 3.78. The highest BCUT2D eigenvalue weighted by atomic mass is 32.1. The molecule has 94 valence electrons. The molecule has 0 amide bonds. The van der Waals surface area contributed by atoms with Gasteiger partial charge in [-0.2, -0.15) is 0 Å². The monoisotopic (exact) mass is 251 g/mol. The molecule has 4 heteroatoms. The van der Waals surface area contributed by atoms with Crippen molar-refractivity contribution in [1.29, 1.82) is 0 Å². The van der Waals surface area contributed by atoms with E-state index in [0.29, 0.717) is 0 Å². The van der Waals surface area contributed by atoms with Gasteiger partial charge in [0.25, 0.3) is 0 Å². The molecule has 0 unspecified atom stereocenters. The van der Waals surface area contributed by atoms with Crippen molar-refractivity contribution >= 4 is 11.3 Å². The average molecular weight is 251 g/mol. The smallest absolute Gasteiger partial charge is 0.0351 e. The molecule has 0 spiro atoms. The van der Waals surface area contributed by atoms with Crippen LogP contribution in [0.15, 0.2) is 12.1 Å². The number of piperazine rings is 1. The summed E-state index contributed by atoms with van der Waals surface area (Å²) < 4.78 is 0. The fraction of sp³-hybridized carbons (Fsp3) is 0.692. The molecule has 1 aromatic heterocycles. The van der Waals surface area contributed by atoms with Gasteiger partial charge in [-0.1, -0.05) is 0 Å². The predicted octanol–water partition coefficient (Wildman–Crippen LogP) is 1.15. The number of nitrogens with one attached hydrogen (secondary N) is 1. The molecule has 0 bridgehead atoms. The molecule has 2 aliphatic heterocycles. The molecular formula is C13H21N3S. The van der Waals surface area contributed by atoms with Crippen LogP contribution in [0.2, 0.25) is 0 Å². The molecule has 17 heavy (non-hydrogen) atoms. The standard InChI is InChI=1S/C13H21N3S/c1-11-2-3-13(17-11)10-15-8-12(9-15)16-6-4-14-5-7-16/h2-3,12,14H,4-10H2,1H3. The molecule has 0 saturated carbocycles. The van der Waals surface area contributed by atoms with Gasteiger partial charge in [0.05, 0.1) is 0 Å². The molecule has 0 aliphatic carbocycles. The second-order valence-electron chi connectivity index (χ2n) is 5.15. The van der Waals surface area contributed by atoms with Gasteiger partial charge in [0.2, 0.25) is 0 Å². The van der Waals surface area contributed by atoms with Crippen molar-refractivity contribution in [3.8, 4) is 0 Å². The Morgan fingerprint density at radius 1 is 1.29 bits per heavy atom. The number of hydrogen-bond donors (Lipinski definition) is 1. The maximum atomic E-state index is 3.42. The maximum Gasteiger partial charge on any atom is 0.0351 e. The van der Waals surface area contributed by atoms with Crippen LogP contribution < -0.4 is 5.32 Å². The summed E-state index contributed by atoms with van der Waals surface area (Å²) in [4.78, 5) is 8.16. The normalized spacial score (nSPS) is 23.8. The van der Waals surface area contributed by atoms with Crippen LogP contribution in [-0.2, 0) is 6.54 Å². The van der Waals surface area contributed by atoms with Crippen molar-refractivity contribution in [3.63, 3.8) is 0 Å². The van der Waals surface area contributed by atoms with Gasteiger partial charge in [-0.15, -0.1) is 11.3 Å². The molecule has 0 atom stereocenters. The molecule has 1 N–H and O–H groups in total. The zero-order chi connectivity index (χ0) is 11.7. The third kappa shape index (κ3) is 2.71. The van der Waals surface area contributed by atoms with Gasteiger partial charge in [0.15, 0.2) is 0 Å². The first-order valence-electron chi connectivity index (χ1n) is 6.54. The predicted molar refractivity (Wildman–Crippen MR) is 72.6 cm³/mol. The van der Waals surface area contributed by atoms with E-state index in [1.54, 1.807) is 0 Å². The fourth-order valence-electron chi connectivity index (χ4n) is 2.74. The summed E-state index contributed by atoms with van der Waals surface area (Å²) in [5.74, 6) is 0. The van der Waals surface area contributed by atoms with Crippen molar-refractivity contribution in [2.75, 3.05) is 39.3 Å². The van der Waals surface area contributed by atoms with E-state index in [-0.39, 0.29) is 0 Å². The SMILES string of the molecule is Cc1ccc(CN2CC(N3CCNCC3)C2)s1. The number of likely N-dealkylation sites (tertiary alicyclic amines) is 1. The molecule has 3 heterocycles. The van der Waals surface area contributed by atoms with Crippen molar-refractivity contribution in [2.45, 2.75) is 19.5 Å². The minimum atomic E-state index is 0.818. The molecule has 2 aliphatic rings. The topological polar surface area (TPSA) is 18.5 Å². The summed E-state index contributed by atoms with van der Waals surface area (Å²) in [6.07, 6.45) is 0. The first-order chi connectivity index (χ1) is 8.31. The van der Waals surface area contributed by atoms with Crippen molar-refractivity contribution < 1.29 is 0 Å². The number of hydrogen-bond acceptors (Lipinski definition) is 4. The first-order valence-corrected chi connectivity index (χ1v) is 7.35. The maximum absolute atomic E-state index is 3.42. The highest BCUT2D eigenvalue weighted by Crippen LogP contribution is 2.22. The van der Waals surface area contributed by atoms with Crippen LogP contribution in [-0.4, -0.2) is 55.1 Å². The summed E-state index contributed by atoms with van der Waals surface area (Å²) >= 11 is 1.94. The lowest BCUT2D eigenvalue weighted by Gasteiger charge is -2.46. The average Bonchev–Trinajstić information content (AvgIpc) is 2.70. The quantitative estimate of drug-likeness (QED) is 0.869. The van der Waals surface area contributed by atoms with Crippen molar-refractivity contribution in [3.05, 3.63) is 21.9 Å². The summed E-state index contributed by atoms with van der Waals surface area (Å²) in [5, 5.41) is 3.42. The van der Waals surface area contributed by atoms with Gasteiger partial charge in [-0.3, -0.25) is 9.80 Å². The van der Waals surface area contributed by atoms with E-state index < -0.39 is 0 Å². The first kappa shape index (κ1) is 11.7. The van der Waals surface area contributed by atoms with Crippen LogP contribution in [0.1, 0.15) is 9.75 Å². The lowest BCUT2D eigenvalue weighted by atomic mass is 10.1. The highest BCUT2D eigenvalue weighted by Gasteiger charge is 2.32. The molecular weight excluding hydrogens is 230 g/mol. The Kier molecular flexibility index (Phi) is 3.47. The van der Waals surface area contributed by atoms with Gasteiger partial charge in [0, 0.05) is 61.6 Å². The highest BCUT2D eigenvalue weighted by molar-refractivity contribution is 7.11. The van der Waals surface area contributed by atoms with Crippen molar-refractivity contribution in [1.82, 2.24) is 15.1 Å². The molecule has 0 radical (unpaired) electrons. The van der Waals surface area contributed by atoms with Gasteiger partial charge >= 0.3 is 0 Å². The number of aryl methyl sites for hydroxylation is 1. The summed E-state index contributed by atoms with van der Waals surface area (Å²) in [6, 6.07) is 5.32. The summed E-state index contributed by atoms with van der Waals surface area (Å²) in [5.41, 5.74) is 0. The van der Waals surface area contributed by atoms with Crippen molar-refractivity contribution in [2.24, 2.45) is 0 Å². The Hall–Kier alpha value is -0.420. The Bertz CT molecular complexity index is 364. The zero-order valence-corrected chi connectivity index (χ0v) is 11.3. The summed E-state index contributed by atoms with van der Waals surface area (Å²) in [7, 11) is 0. The van der Waals surface area contributed by atoms with Gasteiger partial charge in [-0.05, 0) is 19.1 Å². The molecule has 3 rings (SSSR count). The Morgan fingerprint density at radius 3 is 2.71 bits per heavy atom. The second kappa shape index (κ2) is 5.06. The number of nitrogens with zero attached hydrogens (tertiary/aromatic N) is 2. The number of thiophene rings is 1. The van der Waals surface area contributed by atoms with E-state index >= 15 is 0 Å². The molecule has 1 aromatic rings. The minimum Gasteiger partial charge on any atom is -0.314 e. The van der Waals surface area contributed by atoms with Crippen LogP contribution in [0.3, 0.4) is 0 Å². The molecule has 2 saturated heterocycles. The summed E-state index contributed by atoms with van der Waals surface area (Å²) in [6.45, 7) is 10.7. The van der Waals surface area contributed by atoms with Gasteiger partial charge < -0.3 is 5.32 Å². The third-order valence-corrected chi connectivity index (χ3v) is 4.77. The van der Waals surface area contributed by atoms with Crippen LogP contribution in [0.25, 0.3) is 0 Å². The number of rotatable bonds is 3. The lowest BCUT2D eigenvalue weighted by molar-refractivity contribution is 0.0229. The molecule has 2 fully saturated rings. The van der Waals surface area contributed by atoms with Crippen LogP contribution >= 0.6 is 11.3 Å². The Morgan fingerprint density at radius 2 is 2.06 bits per heavy atom. The van der Waals surface area contributed by atoms with E-state index in [0.717, 1.165) is 12.6 Å². The van der Waals surface area contributed by atoms with E-state index in [1.807, 2.05) is 11.3 Å². The van der Waals surface area contributed by atoms with E-state index in [2.05, 4.69) is 34.2 Å². The molecule has 0 aromatic carbocycles. The Labute approximate surface area is 107 Å². The van der Waals surface area contributed by atoms with E-state index in [1.165, 1.54) is 49.0 Å². The second-order valence-corrected chi connectivity index (χ2v) is 6.52. The Balaban J connectivity index is 1.45. The van der Waals surface area contributed by atoms with E-state index in [4.69, 9.17) is 0 Å². The van der Waals surface area contributed by atoms with Crippen LogP contribution in [0.5, 0.6) is 0 Å². The zero-order valence-electron chi connectivity index (χ0n) is 10.5. The van der Waals surface area contributed by atoms with E-state index in [9.17, 15) is 0 Å². The van der Waals surface area contributed by atoms with Crippen LogP contribution in [0.4, 0.5) is 0 Å². The lowest BCUT2D eigenvalue weighted by Crippen LogP contribution is -2.62. The minimum absolute atomic E-state index is 0.818. The van der Waals surface area contributed by atoms with Gasteiger partial charge in [-0.25, -0.2) is 0 Å². The largest absolute Gasteiger partial charge is 0.314 e.